The molecule has 0 aliphatic rings. The van der Waals surface area contributed by atoms with E-state index in [1.165, 1.54) is 5.56 Å². The minimum Gasteiger partial charge on any atom is -0.378 e. The van der Waals surface area contributed by atoms with Gasteiger partial charge in [0, 0.05) is 16.7 Å². The maximum absolute atomic E-state index is 4.28. The highest BCUT2D eigenvalue weighted by atomic mass is 79.9. The van der Waals surface area contributed by atoms with E-state index in [4.69, 9.17) is 0 Å². The van der Waals surface area contributed by atoms with Gasteiger partial charge in [0.05, 0.1) is 6.54 Å². The summed E-state index contributed by atoms with van der Waals surface area (Å²) in [5.74, 6) is 0.971. The number of rotatable bonds is 5. The number of aryl methyl sites for hydroxylation is 2. The second kappa shape index (κ2) is 6.00. The van der Waals surface area contributed by atoms with Gasteiger partial charge in [-0.15, -0.1) is 0 Å². The maximum Gasteiger partial charge on any atom is 0.146 e. The average molecular weight is 309 g/mol. The van der Waals surface area contributed by atoms with Crippen molar-refractivity contribution in [2.45, 2.75) is 33.4 Å². The molecule has 0 fully saturated rings. The van der Waals surface area contributed by atoms with Crippen LogP contribution in [0.3, 0.4) is 0 Å². The minimum absolute atomic E-state index is 0.697. The summed E-state index contributed by atoms with van der Waals surface area (Å²) in [5.41, 5.74) is 2.34. The molecule has 2 aromatic rings. The monoisotopic (exact) mass is 308 g/mol. The number of benzene rings is 1. The molecule has 1 heterocycles. The highest BCUT2D eigenvalue weighted by Gasteiger charge is 2.04. The lowest BCUT2D eigenvalue weighted by Gasteiger charge is -2.10. The normalized spacial score (nSPS) is 10.6. The Labute approximate surface area is 116 Å². The van der Waals surface area contributed by atoms with Crippen molar-refractivity contribution in [1.29, 1.82) is 0 Å². The molecule has 5 heteroatoms. The Morgan fingerprint density at radius 2 is 2.22 bits per heavy atom. The zero-order valence-electron chi connectivity index (χ0n) is 10.7. The first kappa shape index (κ1) is 13.1. The molecule has 1 N–H and O–H groups in total. The van der Waals surface area contributed by atoms with Gasteiger partial charge in [0.15, 0.2) is 0 Å². The summed E-state index contributed by atoms with van der Waals surface area (Å²) in [7, 11) is 0. The van der Waals surface area contributed by atoms with Crippen LogP contribution in [0.25, 0.3) is 0 Å². The van der Waals surface area contributed by atoms with E-state index in [0.29, 0.717) is 6.54 Å². The van der Waals surface area contributed by atoms with Gasteiger partial charge in [-0.05, 0) is 37.1 Å². The fourth-order valence-electron chi connectivity index (χ4n) is 1.82. The largest absolute Gasteiger partial charge is 0.378 e. The predicted molar refractivity (Wildman–Crippen MR) is 76.5 cm³/mol. The van der Waals surface area contributed by atoms with Crippen molar-refractivity contribution in [3.63, 3.8) is 0 Å². The summed E-state index contributed by atoms with van der Waals surface area (Å²) in [6.07, 6.45) is 2.68. The molecule has 4 nitrogen and oxygen atoms in total. The van der Waals surface area contributed by atoms with Crippen molar-refractivity contribution >= 4 is 21.6 Å². The van der Waals surface area contributed by atoms with Gasteiger partial charge in [0.25, 0.3) is 0 Å². The molecule has 96 valence electrons. The molecule has 0 unspecified atom stereocenters. The van der Waals surface area contributed by atoms with Crippen LogP contribution in [-0.4, -0.2) is 14.8 Å². The van der Waals surface area contributed by atoms with Crippen LogP contribution in [0.15, 0.2) is 29.0 Å². The van der Waals surface area contributed by atoms with E-state index in [9.17, 15) is 0 Å². The van der Waals surface area contributed by atoms with Gasteiger partial charge in [-0.25, -0.2) is 9.67 Å². The molecule has 1 aromatic heterocycles. The molecular weight excluding hydrogens is 292 g/mol. The van der Waals surface area contributed by atoms with Gasteiger partial charge in [0.2, 0.25) is 0 Å². The Hall–Kier alpha value is -1.36. The molecule has 0 radical (unpaired) electrons. The van der Waals surface area contributed by atoms with Crippen molar-refractivity contribution in [2.75, 3.05) is 5.32 Å². The van der Waals surface area contributed by atoms with E-state index < -0.39 is 0 Å². The Kier molecular flexibility index (Phi) is 4.36. The summed E-state index contributed by atoms with van der Waals surface area (Å²) < 4.78 is 3.04. The van der Waals surface area contributed by atoms with Crippen molar-refractivity contribution in [3.05, 3.63) is 40.4 Å². The van der Waals surface area contributed by atoms with Crippen LogP contribution in [0.5, 0.6) is 0 Å². The molecule has 0 aliphatic heterocycles. The van der Waals surface area contributed by atoms with Gasteiger partial charge in [-0.1, -0.05) is 22.9 Å². The first-order chi connectivity index (χ1) is 8.70. The zero-order chi connectivity index (χ0) is 13.0. The van der Waals surface area contributed by atoms with Crippen LogP contribution in [0.4, 0.5) is 5.69 Å². The van der Waals surface area contributed by atoms with Crippen LogP contribution in [0, 0.1) is 6.92 Å². The van der Waals surface area contributed by atoms with Crippen LogP contribution < -0.4 is 5.32 Å². The maximum atomic E-state index is 4.28. The fraction of sp³-hybridized carbons (Fsp3) is 0.385. The van der Waals surface area contributed by atoms with Crippen LogP contribution in [0.2, 0.25) is 0 Å². The average Bonchev–Trinajstić information content (AvgIpc) is 2.76. The zero-order valence-corrected chi connectivity index (χ0v) is 12.2. The highest BCUT2D eigenvalue weighted by Crippen LogP contribution is 2.20. The molecule has 1 aromatic carbocycles. The highest BCUT2D eigenvalue weighted by molar-refractivity contribution is 9.10. The predicted octanol–water partition coefficient (Wildman–Crippen LogP) is 3.37. The Morgan fingerprint density at radius 1 is 1.39 bits per heavy atom. The second-order valence-electron chi connectivity index (χ2n) is 4.21. The molecule has 0 saturated carbocycles. The molecule has 0 amide bonds. The van der Waals surface area contributed by atoms with Gasteiger partial charge >= 0.3 is 0 Å². The Bertz CT molecular complexity index is 521. The molecule has 18 heavy (non-hydrogen) atoms. The second-order valence-corrected chi connectivity index (χ2v) is 5.13. The van der Waals surface area contributed by atoms with Crippen LogP contribution in [0.1, 0.15) is 24.7 Å². The van der Waals surface area contributed by atoms with E-state index in [1.54, 1.807) is 6.33 Å². The van der Waals surface area contributed by atoms with Gasteiger partial charge in [0.1, 0.15) is 12.2 Å². The van der Waals surface area contributed by atoms with Crippen LogP contribution >= 0.6 is 15.9 Å². The van der Waals surface area contributed by atoms with E-state index in [0.717, 1.165) is 29.0 Å². The topological polar surface area (TPSA) is 42.7 Å². The SMILES string of the molecule is CCCn1ncnc1CNc1ccc(Br)cc1C. The molecule has 0 bridgehead atoms. The first-order valence-corrected chi connectivity index (χ1v) is 6.86. The molecule has 0 saturated heterocycles. The summed E-state index contributed by atoms with van der Waals surface area (Å²) in [6, 6.07) is 6.20. The Morgan fingerprint density at radius 3 is 2.94 bits per heavy atom. The number of nitrogens with zero attached hydrogens (tertiary/aromatic N) is 3. The van der Waals surface area contributed by atoms with E-state index in [1.807, 2.05) is 10.7 Å². The van der Waals surface area contributed by atoms with E-state index in [2.05, 4.69) is 57.3 Å². The number of aromatic nitrogens is 3. The van der Waals surface area contributed by atoms with Gasteiger partial charge < -0.3 is 5.32 Å². The lowest BCUT2D eigenvalue weighted by molar-refractivity contribution is 0.574. The third-order valence-electron chi connectivity index (χ3n) is 2.76. The number of anilines is 1. The smallest absolute Gasteiger partial charge is 0.146 e. The standard InChI is InChI=1S/C13H17BrN4/c1-3-6-18-13(16-9-17-18)8-15-12-5-4-11(14)7-10(12)2/h4-5,7,9,15H,3,6,8H2,1-2H3. The molecular formula is C13H17BrN4. The molecule has 0 atom stereocenters. The van der Waals surface area contributed by atoms with Gasteiger partial charge in [-0.2, -0.15) is 5.10 Å². The molecule has 2 rings (SSSR count). The van der Waals surface area contributed by atoms with E-state index in [-0.39, 0.29) is 0 Å². The molecule has 0 spiro atoms. The molecule has 0 aliphatic carbocycles. The number of hydrogen-bond donors (Lipinski definition) is 1. The summed E-state index contributed by atoms with van der Waals surface area (Å²) in [6.45, 7) is 5.83. The number of nitrogens with one attached hydrogen (secondary N) is 1. The van der Waals surface area contributed by atoms with Crippen molar-refractivity contribution in [1.82, 2.24) is 14.8 Å². The van der Waals surface area contributed by atoms with Crippen LogP contribution in [-0.2, 0) is 13.1 Å². The third kappa shape index (κ3) is 3.10. The number of hydrogen-bond acceptors (Lipinski definition) is 3. The van der Waals surface area contributed by atoms with Crippen molar-refractivity contribution in [2.24, 2.45) is 0 Å². The van der Waals surface area contributed by atoms with Crippen molar-refractivity contribution in [3.8, 4) is 0 Å². The lowest BCUT2D eigenvalue weighted by atomic mass is 10.2. The summed E-state index contributed by atoms with van der Waals surface area (Å²) >= 11 is 3.46. The quantitative estimate of drug-likeness (QED) is 0.921. The van der Waals surface area contributed by atoms with Crippen molar-refractivity contribution < 1.29 is 0 Å². The number of halogens is 1. The summed E-state index contributed by atoms with van der Waals surface area (Å²) in [4.78, 5) is 4.28. The fourth-order valence-corrected chi connectivity index (χ4v) is 2.30. The van der Waals surface area contributed by atoms with Gasteiger partial charge in [-0.3, -0.25) is 0 Å². The first-order valence-electron chi connectivity index (χ1n) is 6.07. The lowest BCUT2D eigenvalue weighted by Crippen LogP contribution is -2.10. The minimum atomic E-state index is 0.697. The summed E-state index contributed by atoms with van der Waals surface area (Å²) in [5, 5.41) is 7.61. The third-order valence-corrected chi connectivity index (χ3v) is 3.25. The van der Waals surface area contributed by atoms with E-state index >= 15 is 0 Å². The Balaban J connectivity index is 2.04.